The lowest BCUT2D eigenvalue weighted by Crippen LogP contribution is -2.44. The number of H-pyrrole nitrogens is 1. The van der Waals surface area contributed by atoms with Crippen LogP contribution in [-0.4, -0.2) is 58.6 Å². The number of rotatable bonds is 2. The number of carbonyl (C=O) groups excluding carboxylic acids is 1. The number of fused-ring (bicyclic) bond motifs is 2. The van der Waals surface area contributed by atoms with Crippen molar-refractivity contribution >= 4 is 22.9 Å². The van der Waals surface area contributed by atoms with Crippen LogP contribution in [0.2, 0.25) is 0 Å². The van der Waals surface area contributed by atoms with E-state index >= 15 is 0 Å². The SMILES string of the molecule is CC(C)(C)OC(=O)N1CCC[C@@H](n2c(=O)[nH]c3cnc(-c4cnc5ccccn45)nc32)C1. The first-order valence-corrected chi connectivity index (χ1v) is 10.7. The number of aromatic nitrogens is 6. The maximum absolute atomic E-state index is 12.8. The van der Waals surface area contributed by atoms with Gasteiger partial charge in [-0.25, -0.2) is 24.5 Å². The molecule has 1 aliphatic rings. The molecule has 10 nitrogen and oxygen atoms in total. The van der Waals surface area contributed by atoms with Gasteiger partial charge >= 0.3 is 11.8 Å². The largest absolute Gasteiger partial charge is 0.444 e. The van der Waals surface area contributed by atoms with Crippen LogP contribution < -0.4 is 5.69 Å². The smallest absolute Gasteiger partial charge is 0.410 e. The van der Waals surface area contributed by atoms with Crippen LogP contribution in [0.4, 0.5) is 4.79 Å². The van der Waals surface area contributed by atoms with Gasteiger partial charge in [-0.05, 0) is 45.7 Å². The average Bonchev–Trinajstić information content (AvgIpc) is 3.32. The van der Waals surface area contributed by atoms with Crippen molar-refractivity contribution in [2.45, 2.75) is 45.3 Å². The zero-order valence-corrected chi connectivity index (χ0v) is 18.3. The minimum absolute atomic E-state index is 0.206. The summed E-state index contributed by atoms with van der Waals surface area (Å²) in [4.78, 5) is 43.5. The average molecular weight is 435 g/mol. The summed E-state index contributed by atoms with van der Waals surface area (Å²) in [6, 6.07) is 5.53. The summed E-state index contributed by atoms with van der Waals surface area (Å²) in [6.07, 6.45) is 6.41. The third kappa shape index (κ3) is 3.61. The summed E-state index contributed by atoms with van der Waals surface area (Å²) in [6.45, 7) is 6.51. The van der Waals surface area contributed by atoms with E-state index in [9.17, 15) is 9.59 Å². The molecule has 1 amide bonds. The van der Waals surface area contributed by atoms with Gasteiger partial charge in [-0.15, -0.1) is 0 Å². The van der Waals surface area contributed by atoms with Gasteiger partial charge in [0.15, 0.2) is 11.5 Å². The normalized spacial score (nSPS) is 17.2. The fraction of sp³-hybridized carbons (Fsp3) is 0.409. The molecule has 1 saturated heterocycles. The Hall–Kier alpha value is -3.69. The Morgan fingerprint density at radius 3 is 2.88 bits per heavy atom. The molecule has 1 N–H and O–H groups in total. The monoisotopic (exact) mass is 435 g/mol. The van der Waals surface area contributed by atoms with Gasteiger partial charge in [0.05, 0.1) is 18.4 Å². The maximum atomic E-state index is 12.8. The number of hydrogen-bond donors (Lipinski definition) is 1. The lowest BCUT2D eigenvalue weighted by molar-refractivity contribution is 0.0172. The van der Waals surface area contributed by atoms with Gasteiger partial charge < -0.3 is 14.6 Å². The van der Waals surface area contributed by atoms with E-state index in [1.807, 2.05) is 49.6 Å². The molecule has 5 rings (SSSR count). The number of pyridine rings is 1. The molecule has 1 aliphatic heterocycles. The quantitative estimate of drug-likeness (QED) is 0.518. The second-order valence-corrected chi connectivity index (χ2v) is 9.03. The molecule has 0 spiro atoms. The lowest BCUT2D eigenvalue weighted by atomic mass is 10.1. The van der Waals surface area contributed by atoms with Crippen LogP contribution in [0.1, 0.15) is 39.7 Å². The Kier molecular flexibility index (Phi) is 4.72. The van der Waals surface area contributed by atoms with Gasteiger partial charge in [0.1, 0.15) is 22.5 Å². The van der Waals surface area contributed by atoms with Crippen molar-refractivity contribution in [3.63, 3.8) is 0 Å². The highest BCUT2D eigenvalue weighted by atomic mass is 16.6. The number of nitrogens with one attached hydrogen (secondary N) is 1. The molecule has 0 aromatic carbocycles. The van der Waals surface area contributed by atoms with Gasteiger partial charge in [-0.1, -0.05) is 6.07 Å². The Morgan fingerprint density at radius 2 is 2.06 bits per heavy atom. The molecule has 0 saturated carbocycles. The van der Waals surface area contributed by atoms with E-state index in [1.165, 1.54) is 0 Å². The lowest BCUT2D eigenvalue weighted by Gasteiger charge is -2.34. The van der Waals surface area contributed by atoms with Crippen molar-refractivity contribution < 1.29 is 9.53 Å². The van der Waals surface area contributed by atoms with Crippen LogP contribution in [0.5, 0.6) is 0 Å². The Labute approximate surface area is 183 Å². The number of piperidine rings is 1. The summed E-state index contributed by atoms with van der Waals surface area (Å²) in [5.41, 5.74) is 1.77. The number of aromatic amines is 1. The molecule has 0 radical (unpaired) electrons. The molecule has 0 unspecified atom stereocenters. The van der Waals surface area contributed by atoms with Crippen molar-refractivity contribution in [3.05, 3.63) is 47.3 Å². The minimum atomic E-state index is -0.572. The van der Waals surface area contributed by atoms with Crippen molar-refractivity contribution in [1.82, 2.24) is 33.8 Å². The van der Waals surface area contributed by atoms with Gasteiger partial charge in [0, 0.05) is 19.3 Å². The Balaban J connectivity index is 1.51. The summed E-state index contributed by atoms with van der Waals surface area (Å²) < 4.78 is 9.07. The molecule has 4 aromatic rings. The van der Waals surface area contributed by atoms with E-state index in [2.05, 4.69) is 15.0 Å². The predicted molar refractivity (Wildman–Crippen MR) is 118 cm³/mol. The maximum Gasteiger partial charge on any atom is 0.410 e. The number of hydrogen-bond acceptors (Lipinski definition) is 6. The molecular formula is C22H25N7O3. The molecule has 10 heteroatoms. The zero-order valence-electron chi connectivity index (χ0n) is 18.3. The van der Waals surface area contributed by atoms with Gasteiger partial charge in [-0.3, -0.25) is 8.97 Å². The highest BCUT2D eigenvalue weighted by Gasteiger charge is 2.30. The predicted octanol–water partition coefficient (Wildman–Crippen LogP) is 3.01. The summed E-state index contributed by atoms with van der Waals surface area (Å²) >= 11 is 0. The van der Waals surface area contributed by atoms with Crippen LogP contribution in [0.3, 0.4) is 0 Å². The van der Waals surface area contributed by atoms with E-state index in [1.54, 1.807) is 21.9 Å². The second kappa shape index (κ2) is 7.47. The first-order valence-electron chi connectivity index (χ1n) is 10.7. The highest BCUT2D eigenvalue weighted by Crippen LogP contribution is 2.26. The topological polar surface area (TPSA) is 110 Å². The van der Waals surface area contributed by atoms with Crippen molar-refractivity contribution in [1.29, 1.82) is 0 Å². The van der Waals surface area contributed by atoms with E-state index < -0.39 is 5.60 Å². The molecule has 1 atom stereocenters. The van der Waals surface area contributed by atoms with Crippen molar-refractivity contribution in [2.75, 3.05) is 13.1 Å². The van der Waals surface area contributed by atoms with Crippen LogP contribution in [0.15, 0.2) is 41.6 Å². The van der Waals surface area contributed by atoms with Crippen LogP contribution >= 0.6 is 0 Å². The number of imidazole rings is 2. The standard InChI is InChI=1S/C22H25N7O3/c1-22(2,3)32-21(31)27-9-6-7-14(13-27)29-19-15(25-20(29)30)11-24-18(26-19)16-12-23-17-8-4-5-10-28(16)17/h4-5,8,10-12,14H,6-7,9,13H2,1-3H3,(H,25,30)/t14-/m1/s1. The molecule has 0 bridgehead atoms. The summed E-state index contributed by atoms with van der Waals surface area (Å²) in [7, 11) is 0. The molecule has 5 heterocycles. The molecule has 4 aromatic heterocycles. The van der Waals surface area contributed by atoms with Crippen LogP contribution in [0, 0.1) is 0 Å². The fourth-order valence-corrected chi connectivity index (χ4v) is 4.13. The van der Waals surface area contributed by atoms with Gasteiger partial charge in [0.25, 0.3) is 0 Å². The second-order valence-electron chi connectivity index (χ2n) is 9.03. The Morgan fingerprint density at radius 1 is 1.22 bits per heavy atom. The molecule has 0 aliphatic carbocycles. The number of nitrogens with zero attached hydrogens (tertiary/aromatic N) is 6. The first-order chi connectivity index (χ1) is 15.3. The highest BCUT2D eigenvalue weighted by molar-refractivity contribution is 5.73. The number of carbonyl (C=O) groups is 1. The van der Waals surface area contributed by atoms with Crippen LogP contribution in [0.25, 0.3) is 28.3 Å². The first kappa shape index (κ1) is 20.2. The molecule has 32 heavy (non-hydrogen) atoms. The van der Waals surface area contributed by atoms with E-state index in [0.717, 1.165) is 24.2 Å². The zero-order chi connectivity index (χ0) is 22.5. The van der Waals surface area contributed by atoms with Crippen molar-refractivity contribution in [3.8, 4) is 11.5 Å². The Bertz CT molecular complexity index is 1360. The van der Waals surface area contributed by atoms with E-state index in [0.29, 0.717) is 30.1 Å². The summed E-state index contributed by atoms with van der Waals surface area (Å²) in [5.74, 6) is 0.476. The number of amides is 1. The third-order valence-corrected chi connectivity index (χ3v) is 5.52. The molecular weight excluding hydrogens is 410 g/mol. The van der Waals surface area contributed by atoms with Gasteiger partial charge in [0.2, 0.25) is 0 Å². The van der Waals surface area contributed by atoms with Crippen molar-refractivity contribution in [2.24, 2.45) is 0 Å². The third-order valence-electron chi connectivity index (χ3n) is 5.52. The number of ether oxygens (including phenoxy) is 1. The van der Waals surface area contributed by atoms with E-state index in [4.69, 9.17) is 9.72 Å². The van der Waals surface area contributed by atoms with E-state index in [-0.39, 0.29) is 17.8 Å². The number of likely N-dealkylation sites (tertiary alicyclic amines) is 1. The summed E-state index contributed by atoms with van der Waals surface area (Å²) in [5, 5.41) is 0. The fourth-order valence-electron chi connectivity index (χ4n) is 4.13. The van der Waals surface area contributed by atoms with Crippen LogP contribution in [-0.2, 0) is 4.74 Å². The molecule has 166 valence electrons. The van der Waals surface area contributed by atoms with Gasteiger partial charge in [-0.2, -0.15) is 0 Å². The minimum Gasteiger partial charge on any atom is -0.444 e. The molecule has 1 fully saturated rings.